The first-order valence-corrected chi connectivity index (χ1v) is 6.00. The molecular formula is C12H16ClNO3. The molecule has 0 fully saturated rings. The SMILES string of the molecule is CCN(CCCCl)C(=O)c1ccc(O)c(O)c1. The second-order valence-electron chi connectivity index (χ2n) is 3.63. The number of hydrogen-bond acceptors (Lipinski definition) is 3. The summed E-state index contributed by atoms with van der Waals surface area (Å²) in [7, 11) is 0. The van der Waals surface area contributed by atoms with Crippen molar-refractivity contribution in [3.8, 4) is 11.5 Å². The molecule has 0 bridgehead atoms. The first-order chi connectivity index (χ1) is 8.10. The van der Waals surface area contributed by atoms with Crippen molar-refractivity contribution in [2.24, 2.45) is 0 Å². The highest BCUT2D eigenvalue weighted by molar-refractivity contribution is 6.17. The zero-order chi connectivity index (χ0) is 12.8. The van der Waals surface area contributed by atoms with Crippen LogP contribution in [0.1, 0.15) is 23.7 Å². The van der Waals surface area contributed by atoms with Crippen LogP contribution in [0.3, 0.4) is 0 Å². The van der Waals surface area contributed by atoms with Crippen LogP contribution in [0.2, 0.25) is 0 Å². The third kappa shape index (κ3) is 3.53. The number of phenols is 2. The Labute approximate surface area is 105 Å². The molecule has 1 aromatic rings. The third-order valence-electron chi connectivity index (χ3n) is 2.45. The molecule has 2 N–H and O–H groups in total. The van der Waals surface area contributed by atoms with E-state index in [1.54, 1.807) is 4.90 Å². The Balaban J connectivity index is 2.82. The highest BCUT2D eigenvalue weighted by Gasteiger charge is 2.15. The highest BCUT2D eigenvalue weighted by Crippen LogP contribution is 2.25. The molecule has 0 aromatic heterocycles. The van der Waals surface area contributed by atoms with Crippen molar-refractivity contribution >= 4 is 17.5 Å². The van der Waals surface area contributed by atoms with Gasteiger partial charge >= 0.3 is 0 Å². The summed E-state index contributed by atoms with van der Waals surface area (Å²) in [5, 5.41) is 18.5. The van der Waals surface area contributed by atoms with E-state index in [0.717, 1.165) is 6.42 Å². The number of hydrogen-bond donors (Lipinski definition) is 2. The largest absolute Gasteiger partial charge is 0.504 e. The fourth-order valence-corrected chi connectivity index (χ4v) is 1.61. The fourth-order valence-electron chi connectivity index (χ4n) is 1.49. The van der Waals surface area contributed by atoms with Gasteiger partial charge in [-0.2, -0.15) is 0 Å². The minimum absolute atomic E-state index is 0.173. The molecule has 0 heterocycles. The topological polar surface area (TPSA) is 60.8 Å². The molecule has 0 radical (unpaired) electrons. The Morgan fingerprint density at radius 3 is 2.59 bits per heavy atom. The summed E-state index contributed by atoms with van der Waals surface area (Å²) in [5.41, 5.74) is 0.358. The Kier molecular flexibility index (Phi) is 5.10. The highest BCUT2D eigenvalue weighted by atomic mass is 35.5. The van der Waals surface area contributed by atoms with E-state index in [2.05, 4.69) is 0 Å². The lowest BCUT2D eigenvalue weighted by atomic mass is 10.1. The molecule has 0 spiro atoms. The number of amides is 1. The monoisotopic (exact) mass is 257 g/mol. The van der Waals surface area contributed by atoms with E-state index >= 15 is 0 Å². The number of nitrogens with zero attached hydrogens (tertiary/aromatic N) is 1. The summed E-state index contributed by atoms with van der Waals surface area (Å²) in [6.07, 6.45) is 0.727. The van der Waals surface area contributed by atoms with Gasteiger partial charge in [-0.05, 0) is 31.5 Å². The Hall–Kier alpha value is -1.42. The molecule has 4 nitrogen and oxygen atoms in total. The number of rotatable bonds is 5. The summed E-state index contributed by atoms with van der Waals surface area (Å²) in [6, 6.07) is 4.06. The van der Waals surface area contributed by atoms with Gasteiger partial charge in [0.1, 0.15) is 0 Å². The maximum Gasteiger partial charge on any atom is 0.253 e. The Morgan fingerprint density at radius 1 is 1.35 bits per heavy atom. The molecule has 17 heavy (non-hydrogen) atoms. The summed E-state index contributed by atoms with van der Waals surface area (Å²) in [5.74, 6) is -0.188. The number of halogens is 1. The molecule has 94 valence electrons. The van der Waals surface area contributed by atoms with Gasteiger partial charge in [0.05, 0.1) is 0 Å². The van der Waals surface area contributed by atoms with E-state index in [1.165, 1.54) is 18.2 Å². The number of carbonyl (C=O) groups excluding carboxylic acids is 1. The van der Waals surface area contributed by atoms with Gasteiger partial charge < -0.3 is 15.1 Å². The van der Waals surface area contributed by atoms with Crippen molar-refractivity contribution in [1.29, 1.82) is 0 Å². The van der Waals surface area contributed by atoms with E-state index in [1.807, 2.05) is 6.92 Å². The lowest BCUT2D eigenvalue weighted by Gasteiger charge is -2.20. The fraction of sp³-hybridized carbons (Fsp3) is 0.417. The lowest BCUT2D eigenvalue weighted by molar-refractivity contribution is 0.0764. The van der Waals surface area contributed by atoms with Crippen LogP contribution in [0, 0.1) is 0 Å². The first-order valence-electron chi connectivity index (χ1n) is 5.47. The molecule has 0 atom stereocenters. The Morgan fingerprint density at radius 2 is 2.06 bits per heavy atom. The molecule has 0 unspecified atom stereocenters. The molecule has 1 amide bonds. The summed E-state index contributed by atoms with van der Waals surface area (Å²) in [4.78, 5) is 13.7. The molecule has 1 aromatic carbocycles. The van der Waals surface area contributed by atoms with Crippen molar-refractivity contribution in [2.75, 3.05) is 19.0 Å². The second kappa shape index (κ2) is 6.35. The second-order valence-corrected chi connectivity index (χ2v) is 4.01. The van der Waals surface area contributed by atoms with E-state index in [4.69, 9.17) is 11.6 Å². The molecule has 0 aliphatic rings. The predicted octanol–water partition coefficient (Wildman–Crippen LogP) is 2.19. The van der Waals surface area contributed by atoms with Crippen LogP contribution >= 0.6 is 11.6 Å². The van der Waals surface area contributed by atoms with Crippen LogP contribution in [0.5, 0.6) is 11.5 Å². The molecule has 1 rings (SSSR count). The van der Waals surface area contributed by atoms with Crippen LogP contribution in [0.25, 0.3) is 0 Å². The van der Waals surface area contributed by atoms with Crippen LogP contribution in [0.15, 0.2) is 18.2 Å². The van der Waals surface area contributed by atoms with Crippen molar-refractivity contribution in [1.82, 2.24) is 4.90 Å². The van der Waals surface area contributed by atoms with E-state index in [-0.39, 0.29) is 17.4 Å². The number of carbonyl (C=O) groups is 1. The van der Waals surface area contributed by atoms with Crippen LogP contribution < -0.4 is 0 Å². The quantitative estimate of drug-likeness (QED) is 0.628. The standard InChI is InChI=1S/C12H16ClNO3/c1-2-14(7-3-6-13)12(17)9-4-5-10(15)11(16)8-9/h4-5,8,15-16H,2-3,6-7H2,1H3. The zero-order valence-corrected chi connectivity index (χ0v) is 10.4. The third-order valence-corrected chi connectivity index (χ3v) is 2.72. The summed E-state index contributed by atoms with van der Waals surface area (Å²) < 4.78 is 0. The van der Waals surface area contributed by atoms with Crippen molar-refractivity contribution in [2.45, 2.75) is 13.3 Å². The minimum Gasteiger partial charge on any atom is -0.504 e. The van der Waals surface area contributed by atoms with Crippen LogP contribution in [-0.2, 0) is 0 Å². The zero-order valence-electron chi connectivity index (χ0n) is 9.69. The average molecular weight is 258 g/mol. The van der Waals surface area contributed by atoms with Gasteiger partial charge in [-0.1, -0.05) is 0 Å². The molecule has 0 aliphatic heterocycles. The minimum atomic E-state index is -0.288. The lowest BCUT2D eigenvalue weighted by Crippen LogP contribution is -2.31. The number of alkyl halides is 1. The molecule has 5 heteroatoms. The van der Waals surface area contributed by atoms with Crippen molar-refractivity contribution in [3.05, 3.63) is 23.8 Å². The summed E-state index contributed by atoms with van der Waals surface area (Å²) in [6.45, 7) is 3.05. The Bertz CT molecular complexity index is 395. The number of benzene rings is 1. The van der Waals surface area contributed by atoms with Gasteiger partial charge in [-0.15, -0.1) is 11.6 Å². The van der Waals surface area contributed by atoms with Gasteiger partial charge in [-0.3, -0.25) is 4.79 Å². The van der Waals surface area contributed by atoms with Gasteiger partial charge in [0.25, 0.3) is 5.91 Å². The van der Waals surface area contributed by atoms with E-state index in [0.29, 0.717) is 24.5 Å². The molecular weight excluding hydrogens is 242 g/mol. The van der Waals surface area contributed by atoms with Gasteiger partial charge in [0.2, 0.25) is 0 Å². The molecule has 0 saturated carbocycles. The molecule has 0 saturated heterocycles. The van der Waals surface area contributed by atoms with Crippen molar-refractivity contribution in [3.63, 3.8) is 0 Å². The summed E-state index contributed by atoms with van der Waals surface area (Å²) >= 11 is 5.59. The van der Waals surface area contributed by atoms with Crippen molar-refractivity contribution < 1.29 is 15.0 Å². The van der Waals surface area contributed by atoms with Crippen LogP contribution in [-0.4, -0.2) is 40.0 Å². The van der Waals surface area contributed by atoms with Gasteiger partial charge in [0, 0.05) is 24.5 Å². The number of aromatic hydroxyl groups is 2. The first kappa shape index (κ1) is 13.6. The van der Waals surface area contributed by atoms with E-state index in [9.17, 15) is 15.0 Å². The van der Waals surface area contributed by atoms with E-state index < -0.39 is 0 Å². The maximum absolute atomic E-state index is 12.0. The van der Waals surface area contributed by atoms with Crippen LogP contribution in [0.4, 0.5) is 0 Å². The molecule has 0 aliphatic carbocycles. The normalized spacial score (nSPS) is 10.2. The smallest absolute Gasteiger partial charge is 0.253 e. The number of phenolic OH excluding ortho intramolecular Hbond substituents is 2. The average Bonchev–Trinajstić information content (AvgIpc) is 2.33. The van der Waals surface area contributed by atoms with Gasteiger partial charge in [0.15, 0.2) is 11.5 Å². The maximum atomic E-state index is 12.0. The predicted molar refractivity (Wildman–Crippen MR) is 66.7 cm³/mol. The van der Waals surface area contributed by atoms with Gasteiger partial charge in [-0.25, -0.2) is 0 Å².